The first-order valence-electron chi connectivity index (χ1n) is 8.56. The van der Waals surface area contributed by atoms with Gasteiger partial charge in [-0.25, -0.2) is 4.98 Å². The maximum absolute atomic E-state index is 10.9. The van der Waals surface area contributed by atoms with Gasteiger partial charge in [0.25, 0.3) is 0 Å². The average molecular weight is 379 g/mol. The Kier molecular flexibility index (Phi) is 3.76. The minimum absolute atomic E-state index is 0.439. The first-order valence-corrected chi connectivity index (χ1v) is 9.37. The number of aliphatic hydroxyl groups excluding tert-OH is 1. The van der Waals surface area contributed by atoms with Gasteiger partial charge in [0.05, 0.1) is 34.5 Å². The molecule has 8 nitrogen and oxygen atoms in total. The fourth-order valence-electron chi connectivity index (χ4n) is 3.35. The van der Waals surface area contributed by atoms with Gasteiger partial charge in [-0.1, -0.05) is 6.07 Å². The first-order chi connectivity index (χ1) is 13.2. The molecule has 9 heteroatoms. The number of thiazole rings is 1. The van der Waals surface area contributed by atoms with Crippen LogP contribution in [0.5, 0.6) is 0 Å². The summed E-state index contributed by atoms with van der Waals surface area (Å²) in [6.45, 7) is 0.439. The summed E-state index contributed by atoms with van der Waals surface area (Å²) in [7, 11) is 1.93. The normalized spacial score (nSPS) is 16.2. The van der Waals surface area contributed by atoms with Crippen molar-refractivity contribution < 1.29 is 5.11 Å². The zero-order chi connectivity index (χ0) is 18.4. The lowest BCUT2D eigenvalue weighted by molar-refractivity contribution is -0.0107. The van der Waals surface area contributed by atoms with Crippen LogP contribution in [0.3, 0.4) is 0 Å². The Morgan fingerprint density at radius 1 is 1.26 bits per heavy atom. The summed E-state index contributed by atoms with van der Waals surface area (Å²) in [4.78, 5) is 9.07. The third kappa shape index (κ3) is 2.71. The molecule has 0 saturated heterocycles. The molecule has 5 heterocycles. The molecule has 0 aromatic carbocycles. The number of hydrogen-bond donors (Lipinski definition) is 2. The highest BCUT2D eigenvalue weighted by Crippen LogP contribution is 2.36. The summed E-state index contributed by atoms with van der Waals surface area (Å²) in [6, 6.07) is 7.67. The van der Waals surface area contributed by atoms with E-state index in [2.05, 4.69) is 20.3 Å². The SMILES string of the molecule is Cn1c2c(c3sc(Cc4cc[nH]n4)nc31)C=NN(Cc1ccccn1)C2O. The molecule has 5 rings (SSSR count). The molecule has 0 saturated carbocycles. The number of pyridine rings is 1. The summed E-state index contributed by atoms with van der Waals surface area (Å²) in [5.74, 6) is 0. The van der Waals surface area contributed by atoms with Crippen LogP contribution in [0.15, 0.2) is 41.8 Å². The van der Waals surface area contributed by atoms with E-state index in [1.54, 1.807) is 22.5 Å². The van der Waals surface area contributed by atoms with Crippen LogP contribution in [0.25, 0.3) is 10.3 Å². The van der Waals surface area contributed by atoms with Crippen molar-refractivity contribution >= 4 is 27.9 Å². The molecule has 27 heavy (non-hydrogen) atoms. The predicted octanol–water partition coefficient (Wildman–Crippen LogP) is 2.18. The standard InChI is InChI=1S/C18H17N7OS/c1-24-15-13(9-21-25(18(15)26)10-12-4-2-3-6-19-12)16-17(24)22-14(27-16)8-11-5-7-20-23-11/h2-7,9,18,26H,8,10H2,1H3,(H,20,23). The third-order valence-corrected chi connectivity index (χ3v) is 5.73. The van der Waals surface area contributed by atoms with E-state index < -0.39 is 6.23 Å². The van der Waals surface area contributed by atoms with E-state index in [9.17, 15) is 5.11 Å². The Morgan fingerprint density at radius 2 is 2.19 bits per heavy atom. The van der Waals surface area contributed by atoms with Crippen LogP contribution in [0, 0.1) is 0 Å². The zero-order valence-corrected chi connectivity index (χ0v) is 15.4. The molecule has 0 amide bonds. The van der Waals surface area contributed by atoms with E-state index in [1.807, 2.05) is 48.3 Å². The first kappa shape index (κ1) is 16.2. The number of hydrazone groups is 1. The lowest BCUT2D eigenvalue weighted by Gasteiger charge is -2.28. The van der Waals surface area contributed by atoms with Crippen LogP contribution in [0.2, 0.25) is 0 Å². The van der Waals surface area contributed by atoms with E-state index in [0.717, 1.165) is 38.0 Å². The quantitative estimate of drug-likeness (QED) is 0.567. The van der Waals surface area contributed by atoms with E-state index in [0.29, 0.717) is 13.0 Å². The summed E-state index contributed by atoms with van der Waals surface area (Å²) in [5, 5.41) is 25.0. The number of rotatable bonds is 4. The van der Waals surface area contributed by atoms with Gasteiger partial charge in [0.15, 0.2) is 11.9 Å². The van der Waals surface area contributed by atoms with Crippen LogP contribution in [0.4, 0.5) is 0 Å². The number of aromatic nitrogens is 5. The molecule has 1 aliphatic heterocycles. The number of nitrogens with zero attached hydrogens (tertiary/aromatic N) is 6. The number of aromatic amines is 1. The van der Waals surface area contributed by atoms with Crippen molar-refractivity contribution in [1.29, 1.82) is 0 Å². The van der Waals surface area contributed by atoms with Crippen LogP contribution in [-0.4, -0.2) is 41.1 Å². The van der Waals surface area contributed by atoms with Gasteiger partial charge in [-0.3, -0.25) is 15.1 Å². The van der Waals surface area contributed by atoms with Gasteiger partial charge in [0, 0.05) is 31.4 Å². The Bertz CT molecular complexity index is 1110. The molecule has 4 aromatic heterocycles. The molecule has 1 unspecified atom stereocenters. The van der Waals surface area contributed by atoms with Gasteiger partial charge in [-0.2, -0.15) is 10.2 Å². The van der Waals surface area contributed by atoms with Gasteiger partial charge >= 0.3 is 0 Å². The highest BCUT2D eigenvalue weighted by molar-refractivity contribution is 7.19. The van der Waals surface area contributed by atoms with Crippen molar-refractivity contribution in [2.24, 2.45) is 12.1 Å². The molecule has 0 spiro atoms. The van der Waals surface area contributed by atoms with Crippen molar-refractivity contribution in [2.75, 3.05) is 0 Å². The molecular weight excluding hydrogens is 362 g/mol. The summed E-state index contributed by atoms with van der Waals surface area (Å²) in [6.07, 6.45) is 5.20. The van der Waals surface area contributed by atoms with Crippen LogP contribution < -0.4 is 0 Å². The smallest absolute Gasteiger partial charge is 0.184 e. The second kappa shape index (κ2) is 6.29. The molecule has 0 aliphatic carbocycles. The van der Waals surface area contributed by atoms with E-state index in [1.165, 1.54) is 0 Å². The molecule has 4 aromatic rings. The lowest BCUT2D eigenvalue weighted by atomic mass is 10.2. The van der Waals surface area contributed by atoms with Crippen LogP contribution >= 0.6 is 11.3 Å². The Morgan fingerprint density at radius 3 is 2.96 bits per heavy atom. The van der Waals surface area contributed by atoms with E-state index in [4.69, 9.17) is 4.98 Å². The van der Waals surface area contributed by atoms with Gasteiger partial charge in [0.2, 0.25) is 0 Å². The zero-order valence-electron chi connectivity index (χ0n) is 14.6. The number of fused-ring (bicyclic) bond motifs is 3. The van der Waals surface area contributed by atoms with Gasteiger partial charge in [-0.15, -0.1) is 11.3 Å². The highest BCUT2D eigenvalue weighted by Gasteiger charge is 2.30. The van der Waals surface area contributed by atoms with Gasteiger partial charge in [-0.05, 0) is 18.2 Å². The maximum Gasteiger partial charge on any atom is 0.184 e. The lowest BCUT2D eigenvalue weighted by Crippen LogP contribution is -2.29. The molecule has 136 valence electrons. The average Bonchev–Trinajstić information content (AvgIpc) is 3.38. The topological polar surface area (TPSA) is 95.2 Å². The fraction of sp³-hybridized carbons (Fsp3) is 0.222. The van der Waals surface area contributed by atoms with E-state index >= 15 is 0 Å². The second-order valence-electron chi connectivity index (χ2n) is 6.40. The largest absolute Gasteiger partial charge is 0.367 e. The predicted molar refractivity (Wildman–Crippen MR) is 102 cm³/mol. The van der Waals surface area contributed by atoms with Crippen LogP contribution in [0.1, 0.15) is 33.9 Å². The number of nitrogens with one attached hydrogen (secondary N) is 1. The fourth-order valence-corrected chi connectivity index (χ4v) is 4.48. The third-order valence-electron chi connectivity index (χ3n) is 4.66. The summed E-state index contributed by atoms with van der Waals surface area (Å²) in [5.41, 5.74) is 4.41. The number of aryl methyl sites for hydroxylation is 1. The molecule has 1 aliphatic rings. The highest BCUT2D eigenvalue weighted by atomic mass is 32.1. The van der Waals surface area contributed by atoms with Crippen molar-refractivity contribution in [3.05, 3.63) is 64.3 Å². The molecule has 0 fully saturated rings. The Labute approximate surface area is 158 Å². The molecular formula is C18H17N7OS. The Balaban J connectivity index is 1.48. The van der Waals surface area contributed by atoms with E-state index in [-0.39, 0.29) is 0 Å². The molecule has 0 radical (unpaired) electrons. The van der Waals surface area contributed by atoms with Crippen molar-refractivity contribution in [3.63, 3.8) is 0 Å². The summed E-state index contributed by atoms with van der Waals surface area (Å²) >= 11 is 1.62. The maximum atomic E-state index is 10.9. The minimum Gasteiger partial charge on any atom is -0.367 e. The van der Waals surface area contributed by atoms with Crippen molar-refractivity contribution in [1.82, 2.24) is 29.7 Å². The van der Waals surface area contributed by atoms with Crippen molar-refractivity contribution in [2.45, 2.75) is 19.2 Å². The minimum atomic E-state index is -0.840. The molecule has 0 bridgehead atoms. The van der Waals surface area contributed by atoms with Crippen molar-refractivity contribution in [3.8, 4) is 0 Å². The monoisotopic (exact) mass is 379 g/mol. The van der Waals surface area contributed by atoms with Gasteiger partial charge < -0.3 is 9.67 Å². The number of aliphatic hydroxyl groups is 1. The van der Waals surface area contributed by atoms with Gasteiger partial charge in [0.1, 0.15) is 5.01 Å². The molecule has 1 atom stereocenters. The van der Waals surface area contributed by atoms with Crippen LogP contribution in [-0.2, 0) is 20.0 Å². The number of H-pyrrole nitrogens is 1. The second-order valence-corrected chi connectivity index (χ2v) is 7.48. The summed E-state index contributed by atoms with van der Waals surface area (Å²) < 4.78 is 2.99. The number of hydrogen-bond acceptors (Lipinski definition) is 7. The molecule has 2 N–H and O–H groups in total. The Hall–Kier alpha value is -3.04.